The molecular weight excluding hydrogens is 436 g/mol. The van der Waals surface area contributed by atoms with Crippen molar-refractivity contribution in [2.24, 2.45) is 0 Å². The van der Waals surface area contributed by atoms with E-state index in [4.69, 9.17) is 18.6 Å². The van der Waals surface area contributed by atoms with Gasteiger partial charge in [-0.15, -0.1) is 0 Å². The Kier molecular flexibility index (Phi) is 6.09. The Morgan fingerprint density at radius 1 is 1.03 bits per heavy atom. The predicted octanol–water partition coefficient (Wildman–Crippen LogP) is 1.05. The van der Waals surface area contributed by atoms with Gasteiger partial charge in [0.05, 0.1) is 12.5 Å². The summed E-state index contributed by atoms with van der Waals surface area (Å²) >= 11 is 0. The molecule has 0 aliphatic carbocycles. The molecular formula is C23H22O10. The number of hydrogen-bond donors (Lipinski definition) is 4. The number of aliphatic hydroxyl groups is 3. The number of aliphatic carboxylic acids is 1. The molecule has 5 atom stereocenters. The average Bonchev–Trinajstić information content (AvgIpc) is 2.79. The van der Waals surface area contributed by atoms with Crippen LogP contribution in [-0.4, -0.2) is 64.2 Å². The molecule has 4 rings (SSSR count). The molecule has 2 heterocycles. The zero-order valence-electron chi connectivity index (χ0n) is 17.7. The van der Waals surface area contributed by atoms with Crippen LogP contribution in [0, 0.1) is 6.92 Å². The van der Waals surface area contributed by atoms with Crippen LogP contribution in [0.3, 0.4) is 0 Å². The second-order valence-corrected chi connectivity index (χ2v) is 7.62. The molecule has 1 saturated heterocycles. The van der Waals surface area contributed by atoms with E-state index in [-0.39, 0.29) is 27.9 Å². The van der Waals surface area contributed by atoms with Gasteiger partial charge in [0, 0.05) is 11.6 Å². The number of ether oxygens (including phenoxy) is 3. The molecule has 2 aromatic carbocycles. The van der Waals surface area contributed by atoms with Crippen molar-refractivity contribution in [2.45, 2.75) is 37.6 Å². The Labute approximate surface area is 187 Å². The van der Waals surface area contributed by atoms with Gasteiger partial charge in [0.2, 0.25) is 12.0 Å². The van der Waals surface area contributed by atoms with Crippen molar-refractivity contribution < 1.29 is 43.8 Å². The lowest BCUT2D eigenvalue weighted by atomic mass is 9.99. The number of hydrogen-bond acceptors (Lipinski definition) is 9. The molecule has 0 amide bonds. The summed E-state index contributed by atoms with van der Waals surface area (Å²) in [4.78, 5) is 24.2. The fraction of sp³-hybridized carbons (Fsp3) is 0.304. The Bertz CT molecular complexity index is 1240. The molecule has 0 unspecified atom stereocenters. The Morgan fingerprint density at radius 3 is 2.36 bits per heavy atom. The first-order valence-electron chi connectivity index (χ1n) is 10.0. The maximum atomic E-state index is 12.9. The van der Waals surface area contributed by atoms with Crippen LogP contribution in [-0.2, 0) is 9.53 Å². The molecule has 0 saturated carbocycles. The van der Waals surface area contributed by atoms with Gasteiger partial charge in [0.15, 0.2) is 22.9 Å². The van der Waals surface area contributed by atoms with Crippen LogP contribution in [0.5, 0.6) is 11.5 Å². The van der Waals surface area contributed by atoms with E-state index in [0.717, 1.165) is 0 Å². The topological polar surface area (TPSA) is 156 Å². The van der Waals surface area contributed by atoms with Crippen LogP contribution in [0.4, 0.5) is 0 Å². The normalized spacial score (nSPS) is 25.1. The third-order valence-corrected chi connectivity index (χ3v) is 5.44. The first-order chi connectivity index (χ1) is 15.7. The Balaban J connectivity index is 1.81. The van der Waals surface area contributed by atoms with E-state index >= 15 is 0 Å². The van der Waals surface area contributed by atoms with Crippen molar-refractivity contribution in [1.82, 2.24) is 0 Å². The number of rotatable bonds is 5. The maximum absolute atomic E-state index is 12.9. The molecule has 1 aliphatic rings. The first kappa shape index (κ1) is 22.7. The summed E-state index contributed by atoms with van der Waals surface area (Å²) < 4.78 is 22.3. The van der Waals surface area contributed by atoms with E-state index in [2.05, 4.69) is 0 Å². The van der Waals surface area contributed by atoms with Gasteiger partial charge in [-0.05, 0) is 18.6 Å². The zero-order chi connectivity index (χ0) is 23.9. The van der Waals surface area contributed by atoms with Crippen molar-refractivity contribution in [2.75, 3.05) is 7.11 Å². The molecule has 1 fully saturated rings. The minimum atomic E-state index is -1.86. The molecule has 4 N–H and O–H groups in total. The zero-order valence-corrected chi connectivity index (χ0v) is 17.7. The van der Waals surface area contributed by atoms with Gasteiger partial charge in [-0.25, -0.2) is 4.79 Å². The van der Waals surface area contributed by atoms with Crippen LogP contribution >= 0.6 is 0 Å². The highest BCUT2D eigenvalue weighted by Gasteiger charge is 2.48. The van der Waals surface area contributed by atoms with Gasteiger partial charge in [-0.1, -0.05) is 30.3 Å². The minimum absolute atomic E-state index is 0.00812. The van der Waals surface area contributed by atoms with Gasteiger partial charge in [0.25, 0.3) is 0 Å². The standard InChI is InChI=1S/C23H22O10/c1-10-8-14(32-23-18(27)16(25)17(26)21(33-23)22(28)29)19(30-2)20-15(10)12(24)9-13(31-20)11-6-4-3-5-7-11/h3-9,16-18,21,23,25-27H,1-2H3,(H,28,29)/t16-,17-,18+,21-,23+/m0/s1. The third kappa shape index (κ3) is 4.05. The number of carbonyl (C=O) groups is 1. The molecule has 1 aromatic heterocycles. The second-order valence-electron chi connectivity index (χ2n) is 7.62. The van der Waals surface area contributed by atoms with Gasteiger partial charge >= 0.3 is 5.97 Å². The molecule has 0 spiro atoms. The number of aliphatic hydroxyl groups excluding tert-OH is 3. The summed E-state index contributed by atoms with van der Waals surface area (Å²) in [7, 11) is 1.32. The lowest BCUT2D eigenvalue weighted by Crippen LogP contribution is -2.61. The minimum Gasteiger partial charge on any atom is -0.490 e. The van der Waals surface area contributed by atoms with Crippen LogP contribution in [0.1, 0.15) is 5.56 Å². The fourth-order valence-corrected chi connectivity index (χ4v) is 3.77. The van der Waals surface area contributed by atoms with E-state index in [1.165, 1.54) is 19.2 Å². The summed E-state index contributed by atoms with van der Waals surface area (Å²) in [6.45, 7) is 1.64. The average molecular weight is 458 g/mol. The van der Waals surface area contributed by atoms with E-state index in [1.54, 1.807) is 31.2 Å². The molecule has 0 radical (unpaired) electrons. The van der Waals surface area contributed by atoms with Crippen LogP contribution in [0.15, 0.2) is 51.7 Å². The third-order valence-electron chi connectivity index (χ3n) is 5.44. The molecule has 1 aliphatic heterocycles. The Hall–Kier alpha value is -3.44. The first-order valence-corrected chi connectivity index (χ1v) is 10.0. The summed E-state index contributed by atoms with van der Waals surface area (Å²) in [5, 5.41) is 39.7. The molecule has 33 heavy (non-hydrogen) atoms. The summed E-state index contributed by atoms with van der Waals surface area (Å²) in [5.74, 6) is -1.26. The monoisotopic (exact) mass is 458 g/mol. The van der Waals surface area contributed by atoms with Gasteiger partial charge in [-0.2, -0.15) is 0 Å². The number of carboxylic acid groups (broad SMARTS) is 1. The van der Waals surface area contributed by atoms with Gasteiger partial charge in [-0.3, -0.25) is 4.79 Å². The van der Waals surface area contributed by atoms with E-state index in [9.17, 15) is 30.0 Å². The maximum Gasteiger partial charge on any atom is 0.335 e. The van der Waals surface area contributed by atoms with Gasteiger partial charge < -0.3 is 39.1 Å². The van der Waals surface area contributed by atoms with Crippen LogP contribution in [0.2, 0.25) is 0 Å². The number of benzene rings is 2. The van der Waals surface area contributed by atoms with E-state index in [0.29, 0.717) is 16.9 Å². The quantitative estimate of drug-likeness (QED) is 0.436. The van der Waals surface area contributed by atoms with E-state index < -0.39 is 36.7 Å². The van der Waals surface area contributed by atoms with Crippen molar-refractivity contribution in [3.05, 3.63) is 58.3 Å². The molecule has 0 bridgehead atoms. The van der Waals surface area contributed by atoms with Crippen LogP contribution in [0.25, 0.3) is 22.3 Å². The smallest absolute Gasteiger partial charge is 0.335 e. The molecule has 174 valence electrons. The molecule has 10 heteroatoms. The van der Waals surface area contributed by atoms with Crippen LogP contribution < -0.4 is 14.9 Å². The number of fused-ring (bicyclic) bond motifs is 1. The molecule has 3 aromatic rings. The van der Waals surface area contributed by atoms with Gasteiger partial charge in [0.1, 0.15) is 24.1 Å². The second kappa shape index (κ2) is 8.83. The summed E-state index contributed by atoms with van der Waals surface area (Å²) in [5.41, 5.74) is 0.903. The number of carboxylic acids is 1. The Morgan fingerprint density at radius 2 is 1.73 bits per heavy atom. The van der Waals surface area contributed by atoms with Crippen molar-refractivity contribution in [3.8, 4) is 22.8 Å². The SMILES string of the molecule is COc1c(O[C@@H]2O[C@H](C(=O)O)[C@@H](O)[C@H](O)[C@H]2O)cc(C)c2c(=O)cc(-c3ccccc3)oc12. The predicted molar refractivity (Wildman–Crippen MR) is 114 cm³/mol. The highest BCUT2D eigenvalue weighted by atomic mass is 16.7. The summed E-state index contributed by atoms with van der Waals surface area (Å²) in [6.07, 6.45) is -8.94. The van der Waals surface area contributed by atoms with Crippen molar-refractivity contribution in [1.29, 1.82) is 0 Å². The highest BCUT2D eigenvalue weighted by Crippen LogP contribution is 2.39. The fourth-order valence-electron chi connectivity index (χ4n) is 3.77. The largest absolute Gasteiger partial charge is 0.490 e. The van der Waals surface area contributed by atoms with Crippen molar-refractivity contribution in [3.63, 3.8) is 0 Å². The highest BCUT2D eigenvalue weighted by molar-refractivity contribution is 5.89. The number of aryl methyl sites for hydroxylation is 1. The lowest BCUT2D eigenvalue weighted by Gasteiger charge is -2.38. The summed E-state index contributed by atoms with van der Waals surface area (Å²) in [6, 6.07) is 11.8. The molecule has 10 nitrogen and oxygen atoms in total. The number of methoxy groups -OCH3 is 1. The van der Waals surface area contributed by atoms with Crippen molar-refractivity contribution >= 4 is 16.9 Å². The lowest BCUT2D eigenvalue weighted by molar-refractivity contribution is -0.271. The van der Waals surface area contributed by atoms with E-state index in [1.807, 2.05) is 6.07 Å².